The van der Waals surface area contributed by atoms with Gasteiger partial charge in [-0.2, -0.15) is 0 Å². The van der Waals surface area contributed by atoms with E-state index in [2.05, 4.69) is 4.98 Å². The van der Waals surface area contributed by atoms with Gasteiger partial charge in [-0.05, 0) is 6.92 Å². The van der Waals surface area contributed by atoms with Crippen molar-refractivity contribution in [2.75, 3.05) is 0 Å². The summed E-state index contributed by atoms with van der Waals surface area (Å²) < 4.78 is 36.6. The highest BCUT2D eigenvalue weighted by atomic mass is 19.3. The third-order valence-corrected chi connectivity index (χ3v) is 1.35. The van der Waals surface area contributed by atoms with E-state index in [0.29, 0.717) is 0 Å². The number of pyridine rings is 1. The molecule has 0 aliphatic carbocycles. The second kappa shape index (κ2) is 3.00. The molecule has 1 aromatic heterocycles. The van der Waals surface area contributed by atoms with Gasteiger partial charge in [0.2, 0.25) is 5.43 Å². The van der Waals surface area contributed by atoms with Gasteiger partial charge in [0.1, 0.15) is 5.69 Å². The van der Waals surface area contributed by atoms with Crippen molar-refractivity contribution in [2.45, 2.75) is 13.3 Å². The summed E-state index contributed by atoms with van der Waals surface area (Å²) >= 11 is 0. The number of halogens is 3. The zero-order valence-electron chi connectivity index (χ0n) is 6.20. The number of H-pyrrole nitrogens is 1. The summed E-state index contributed by atoms with van der Waals surface area (Å²) in [5.41, 5.74) is -1.74. The van der Waals surface area contributed by atoms with Crippen LogP contribution in [-0.2, 0) is 0 Å². The number of nitrogens with one attached hydrogen (secondary N) is 1. The summed E-state index contributed by atoms with van der Waals surface area (Å²) in [4.78, 5) is 12.7. The van der Waals surface area contributed by atoms with Crippen LogP contribution in [0.15, 0.2) is 10.9 Å². The highest BCUT2D eigenvalue weighted by molar-refractivity contribution is 5.13. The van der Waals surface area contributed by atoms with Gasteiger partial charge in [-0.3, -0.25) is 4.79 Å². The Bertz CT molecular complexity index is 345. The van der Waals surface area contributed by atoms with E-state index in [1.807, 2.05) is 0 Å². The molecule has 2 nitrogen and oxygen atoms in total. The highest BCUT2D eigenvalue weighted by Crippen LogP contribution is 2.17. The Balaban J connectivity index is 3.38. The van der Waals surface area contributed by atoms with Crippen molar-refractivity contribution in [3.8, 4) is 0 Å². The fraction of sp³-hybridized carbons (Fsp3) is 0.286. The molecule has 0 aliphatic rings. The molecule has 0 saturated carbocycles. The van der Waals surface area contributed by atoms with Crippen molar-refractivity contribution in [3.63, 3.8) is 0 Å². The molecular formula is C7H6F3NO. The van der Waals surface area contributed by atoms with Crippen LogP contribution in [0.25, 0.3) is 0 Å². The molecule has 0 spiro atoms. The van der Waals surface area contributed by atoms with Gasteiger partial charge in [-0.15, -0.1) is 0 Å². The molecule has 1 N–H and O–H groups in total. The monoisotopic (exact) mass is 177 g/mol. The SMILES string of the molecule is Cc1cc(=O)c(F)c(C(F)F)[nH]1. The van der Waals surface area contributed by atoms with E-state index in [1.54, 1.807) is 0 Å². The van der Waals surface area contributed by atoms with E-state index in [1.165, 1.54) is 6.92 Å². The standard InChI is InChI=1S/C7H6F3NO/c1-3-2-4(12)5(8)6(11-3)7(9)10/h2,7H,1H3,(H,11,12). The first-order valence-electron chi connectivity index (χ1n) is 3.20. The molecule has 66 valence electrons. The Morgan fingerprint density at radius 3 is 2.58 bits per heavy atom. The van der Waals surface area contributed by atoms with Crippen LogP contribution in [0.4, 0.5) is 13.2 Å². The number of hydrogen-bond donors (Lipinski definition) is 1. The minimum atomic E-state index is -2.99. The molecule has 0 unspecified atom stereocenters. The topological polar surface area (TPSA) is 32.9 Å². The summed E-state index contributed by atoms with van der Waals surface area (Å²) in [6.45, 7) is 1.41. The highest BCUT2D eigenvalue weighted by Gasteiger charge is 2.16. The van der Waals surface area contributed by atoms with Gasteiger partial charge >= 0.3 is 0 Å². The van der Waals surface area contributed by atoms with E-state index in [0.717, 1.165) is 6.07 Å². The Morgan fingerprint density at radius 2 is 2.08 bits per heavy atom. The quantitative estimate of drug-likeness (QED) is 0.696. The third kappa shape index (κ3) is 1.49. The second-order valence-corrected chi connectivity index (χ2v) is 2.34. The van der Waals surface area contributed by atoms with Crippen molar-refractivity contribution >= 4 is 0 Å². The lowest BCUT2D eigenvalue weighted by atomic mass is 10.3. The van der Waals surface area contributed by atoms with Crippen molar-refractivity contribution < 1.29 is 13.2 Å². The van der Waals surface area contributed by atoms with Crippen LogP contribution in [0.3, 0.4) is 0 Å². The Hall–Kier alpha value is -1.26. The van der Waals surface area contributed by atoms with Gasteiger partial charge in [0.05, 0.1) is 0 Å². The molecule has 0 radical (unpaired) electrons. The van der Waals surface area contributed by atoms with Crippen LogP contribution in [0.1, 0.15) is 17.8 Å². The lowest BCUT2D eigenvalue weighted by Crippen LogP contribution is -2.12. The van der Waals surface area contributed by atoms with Crippen molar-refractivity contribution in [1.29, 1.82) is 0 Å². The van der Waals surface area contributed by atoms with E-state index < -0.39 is 23.4 Å². The van der Waals surface area contributed by atoms with E-state index >= 15 is 0 Å². The van der Waals surface area contributed by atoms with Crippen LogP contribution in [0.2, 0.25) is 0 Å². The molecule has 0 aliphatic heterocycles. The van der Waals surface area contributed by atoms with E-state index in [9.17, 15) is 18.0 Å². The smallest absolute Gasteiger partial charge is 0.281 e. The molecule has 1 aromatic rings. The number of aromatic nitrogens is 1. The summed E-state index contributed by atoms with van der Waals surface area (Å²) in [5.74, 6) is -1.41. The first kappa shape index (κ1) is 8.83. The predicted octanol–water partition coefficient (Wildman–Crippen LogP) is 1.76. The van der Waals surface area contributed by atoms with Crippen molar-refractivity contribution in [2.24, 2.45) is 0 Å². The normalized spacial score (nSPS) is 10.8. The number of hydrogen-bond acceptors (Lipinski definition) is 1. The average molecular weight is 177 g/mol. The van der Waals surface area contributed by atoms with Crippen LogP contribution in [-0.4, -0.2) is 4.98 Å². The number of aromatic amines is 1. The minimum Gasteiger partial charge on any atom is -0.355 e. The maximum Gasteiger partial charge on any atom is 0.281 e. The molecule has 0 fully saturated rings. The Morgan fingerprint density at radius 1 is 1.50 bits per heavy atom. The number of alkyl halides is 2. The average Bonchev–Trinajstić information content (AvgIpc) is 1.96. The molecule has 0 bridgehead atoms. The number of rotatable bonds is 1. The van der Waals surface area contributed by atoms with Gasteiger partial charge in [0.25, 0.3) is 6.43 Å². The van der Waals surface area contributed by atoms with Crippen molar-refractivity contribution in [3.05, 3.63) is 33.5 Å². The minimum absolute atomic E-state index is 0.219. The van der Waals surface area contributed by atoms with E-state index in [-0.39, 0.29) is 5.69 Å². The van der Waals surface area contributed by atoms with Crippen LogP contribution >= 0.6 is 0 Å². The van der Waals surface area contributed by atoms with E-state index in [4.69, 9.17) is 0 Å². The lowest BCUT2D eigenvalue weighted by molar-refractivity contribution is 0.140. The maximum atomic E-state index is 12.6. The van der Waals surface area contributed by atoms with Gasteiger partial charge < -0.3 is 4.98 Å². The van der Waals surface area contributed by atoms with Crippen LogP contribution in [0.5, 0.6) is 0 Å². The Kier molecular flexibility index (Phi) is 2.21. The third-order valence-electron chi connectivity index (χ3n) is 1.35. The molecule has 0 aromatic carbocycles. The summed E-state index contributed by atoms with van der Waals surface area (Å²) in [6.07, 6.45) is -2.99. The molecule has 0 amide bonds. The molecule has 12 heavy (non-hydrogen) atoms. The molecular weight excluding hydrogens is 171 g/mol. The zero-order valence-corrected chi connectivity index (χ0v) is 6.20. The Labute approximate surface area is 66.0 Å². The number of aryl methyl sites for hydroxylation is 1. The van der Waals surface area contributed by atoms with Crippen molar-refractivity contribution in [1.82, 2.24) is 4.98 Å². The summed E-state index contributed by atoms with van der Waals surface area (Å²) in [5, 5.41) is 0. The lowest BCUT2D eigenvalue weighted by Gasteiger charge is -2.02. The fourth-order valence-corrected chi connectivity index (χ4v) is 0.846. The molecule has 0 atom stereocenters. The van der Waals surface area contributed by atoms with Gasteiger partial charge in [0.15, 0.2) is 5.82 Å². The fourth-order valence-electron chi connectivity index (χ4n) is 0.846. The van der Waals surface area contributed by atoms with Crippen LogP contribution in [0, 0.1) is 12.7 Å². The molecule has 1 heterocycles. The van der Waals surface area contributed by atoms with Crippen LogP contribution < -0.4 is 5.43 Å². The largest absolute Gasteiger partial charge is 0.355 e. The molecule has 0 saturated heterocycles. The van der Waals surface area contributed by atoms with Gasteiger partial charge in [0, 0.05) is 11.8 Å². The summed E-state index contributed by atoms with van der Waals surface area (Å²) in [6, 6.07) is 0.932. The zero-order chi connectivity index (χ0) is 9.30. The first-order chi connectivity index (χ1) is 5.52. The first-order valence-corrected chi connectivity index (χ1v) is 3.20. The summed E-state index contributed by atoms with van der Waals surface area (Å²) in [7, 11) is 0. The van der Waals surface area contributed by atoms with Gasteiger partial charge in [-0.1, -0.05) is 0 Å². The maximum absolute atomic E-state index is 12.6. The molecule has 5 heteroatoms. The van der Waals surface area contributed by atoms with Gasteiger partial charge in [-0.25, -0.2) is 13.2 Å². The second-order valence-electron chi connectivity index (χ2n) is 2.34. The predicted molar refractivity (Wildman–Crippen MR) is 36.7 cm³/mol. The molecule has 1 rings (SSSR count).